The second-order valence-corrected chi connectivity index (χ2v) is 9.09. The Kier molecular flexibility index (Phi) is 24.1. The summed E-state index contributed by atoms with van der Waals surface area (Å²) in [4.78, 5) is 0. The van der Waals surface area contributed by atoms with E-state index in [-0.39, 0.29) is 6.10 Å². The SMILES string of the molecule is CCCCCCCCCCCCOC(CCCCCCCCCCC)CC(N)O. The quantitative estimate of drug-likeness (QED) is 0.125. The Morgan fingerprint density at radius 2 is 0.966 bits per heavy atom. The fourth-order valence-electron chi connectivity index (χ4n) is 4.06. The van der Waals surface area contributed by atoms with E-state index in [9.17, 15) is 5.11 Å². The zero-order valence-electron chi connectivity index (χ0n) is 20.1. The maximum atomic E-state index is 9.54. The van der Waals surface area contributed by atoms with Crippen LogP contribution in [0.4, 0.5) is 0 Å². The number of hydrogen-bond acceptors (Lipinski definition) is 3. The summed E-state index contributed by atoms with van der Waals surface area (Å²) >= 11 is 0. The van der Waals surface area contributed by atoms with Gasteiger partial charge in [0, 0.05) is 13.0 Å². The molecule has 0 aliphatic rings. The van der Waals surface area contributed by atoms with Crippen molar-refractivity contribution >= 4 is 0 Å². The van der Waals surface area contributed by atoms with Crippen LogP contribution in [0.25, 0.3) is 0 Å². The summed E-state index contributed by atoms with van der Waals surface area (Å²) in [7, 11) is 0. The minimum absolute atomic E-state index is 0.137. The van der Waals surface area contributed by atoms with E-state index in [1.54, 1.807) is 0 Å². The van der Waals surface area contributed by atoms with Crippen LogP contribution in [0.2, 0.25) is 0 Å². The van der Waals surface area contributed by atoms with Gasteiger partial charge in [0.1, 0.15) is 6.23 Å². The molecule has 0 aromatic rings. The van der Waals surface area contributed by atoms with E-state index in [0.717, 1.165) is 19.4 Å². The molecule has 0 aliphatic heterocycles. The lowest BCUT2D eigenvalue weighted by Crippen LogP contribution is -2.27. The van der Waals surface area contributed by atoms with Gasteiger partial charge in [-0.1, -0.05) is 129 Å². The van der Waals surface area contributed by atoms with Crippen molar-refractivity contribution in [2.45, 2.75) is 161 Å². The molecular weight excluding hydrogens is 358 g/mol. The molecule has 29 heavy (non-hydrogen) atoms. The lowest BCUT2D eigenvalue weighted by atomic mass is 10.0. The van der Waals surface area contributed by atoms with Gasteiger partial charge in [-0.3, -0.25) is 0 Å². The van der Waals surface area contributed by atoms with Crippen molar-refractivity contribution in [3.63, 3.8) is 0 Å². The number of hydrogen-bond donors (Lipinski definition) is 2. The third-order valence-corrected chi connectivity index (χ3v) is 5.99. The molecule has 0 rings (SSSR count). The van der Waals surface area contributed by atoms with Crippen molar-refractivity contribution in [1.29, 1.82) is 0 Å². The van der Waals surface area contributed by atoms with Gasteiger partial charge in [0.25, 0.3) is 0 Å². The predicted octanol–water partition coefficient (Wildman–Crippen LogP) is 7.88. The van der Waals surface area contributed by atoms with Crippen molar-refractivity contribution < 1.29 is 9.84 Å². The smallest absolute Gasteiger partial charge is 0.104 e. The molecule has 176 valence electrons. The van der Waals surface area contributed by atoms with Crippen LogP contribution in [0.1, 0.15) is 149 Å². The van der Waals surface area contributed by atoms with Gasteiger partial charge in [0.15, 0.2) is 0 Å². The molecule has 0 spiro atoms. The molecule has 0 fully saturated rings. The van der Waals surface area contributed by atoms with Gasteiger partial charge in [-0.2, -0.15) is 0 Å². The maximum absolute atomic E-state index is 9.54. The van der Waals surface area contributed by atoms with Crippen LogP contribution < -0.4 is 5.73 Å². The minimum Gasteiger partial charge on any atom is -0.379 e. The molecule has 2 atom stereocenters. The lowest BCUT2D eigenvalue weighted by Gasteiger charge is -2.19. The van der Waals surface area contributed by atoms with Gasteiger partial charge in [-0.15, -0.1) is 0 Å². The highest BCUT2D eigenvalue weighted by Gasteiger charge is 2.12. The third kappa shape index (κ3) is 24.0. The van der Waals surface area contributed by atoms with E-state index in [0.29, 0.717) is 6.42 Å². The van der Waals surface area contributed by atoms with Crippen molar-refractivity contribution in [1.82, 2.24) is 0 Å². The Hall–Kier alpha value is -0.120. The second-order valence-electron chi connectivity index (χ2n) is 9.09. The van der Waals surface area contributed by atoms with Crippen molar-refractivity contribution in [3.05, 3.63) is 0 Å². The standard InChI is InChI=1S/C26H55NO2/c1-3-5-7-9-11-13-15-17-19-21-23-29-25(24-26(27)28)22-20-18-16-14-12-10-8-6-4-2/h25-26,28H,3-24,27H2,1-2H3. The fraction of sp³-hybridized carbons (Fsp3) is 1.00. The molecule has 0 heterocycles. The Morgan fingerprint density at radius 1 is 0.586 bits per heavy atom. The van der Waals surface area contributed by atoms with Gasteiger partial charge in [0.05, 0.1) is 6.10 Å². The van der Waals surface area contributed by atoms with E-state index in [4.69, 9.17) is 10.5 Å². The molecule has 3 N–H and O–H groups in total. The molecular formula is C26H55NO2. The summed E-state index contributed by atoms with van der Waals surface area (Å²) in [6.07, 6.45) is 26.6. The lowest BCUT2D eigenvalue weighted by molar-refractivity contribution is 0.00754. The highest BCUT2D eigenvalue weighted by molar-refractivity contribution is 4.62. The minimum atomic E-state index is -0.744. The average molecular weight is 414 g/mol. The van der Waals surface area contributed by atoms with E-state index in [2.05, 4.69) is 13.8 Å². The van der Waals surface area contributed by atoms with Crippen LogP contribution >= 0.6 is 0 Å². The summed E-state index contributed by atoms with van der Waals surface area (Å²) in [5.74, 6) is 0. The predicted molar refractivity (Wildman–Crippen MR) is 128 cm³/mol. The topological polar surface area (TPSA) is 55.5 Å². The Balaban J connectivity index is 3.54. The first kappa shape index (κ1) is 28.9. The van der Waals surface area contributed by atoms with Crippen molar-refractivity contribution in [2.75, 3.05) is 6.61 Å². The molecule has 0 saturated carbocycles. The second kappa shape index (κ2) is 24.2. The van der Waals surface area contributed by atoms with Crippen LogP contribution in [0.5, 0.6) is 0 Å². The Morgan fingerprint density at radius 3 is 1.38 bits per heavy atom. The Labute approximate surface area is 183 Å². The first-order chi connectivity index (χ1) is 14.2. The number of unbranched alkanes of at least 4 members (excludes halogenated alkanes) is 17. The van der Waals surface area contributed by atoms with E-state index in [1.165, 1.54) is 116 Å². The first-order valence-electron chi connectivity index (χ1n) is 13.3. The fourth-order valence-corrected chi connectivity index (χ4v) is 4.06. The van der Waals surface area contributed by atoms with Crippen LogP contribution in [0.15, 0.2) is 0 Å². The Bertz CT molecular complexity index is 296. The summed E-state index contributed by atoms with van der Waals surface area (Å²) in [6.45, 7) is 5.37. The van der Waals surface area contributed by atoms with Gasteiger partial charge >= 0.3 is 0 Å². The zero-order valence-corrected chi connectivity index (χ0v) is 20.1. The van der Waals surface area contributed by atoms with Crippen LogP contribution in [-0.2, 0) is 4.74 Å². The summed E-state index contributed by atoms with van der Waals surface area (Å²) in [5, 5.41) is 9.54. The third-order valence-electron chi connectivity index (χ3n) is 5.99. The summed E-state index contributed by atoms with van der Waals surface area (Å²) < 4.78 is 6.06. The monoisotopic (exact) mass is 413 g/mol. The normalized spacial score (nSPS) is 13.7. The molecule has 0 bridgehead atoms. The molecule has 0 amide bonds. The molecule has 0 aromatic heterocycles. The molecule has 0 aromatic carbocycles. The van der Waals surface area contributed by atoms with E-state index in [1.807, 2.05) is 0 Å². The van der Waals surface area contributed by atoms with Crippen LogP contribution in [0.3, 0.4) is 0 Å². The first-order valence-corrected chi connectivity index (χ1v) is 13.3. The van der Waals surface area contributed by atoms with Gasteiger partial charge in [-0.05, 0) is 12.8 Å². The van der Waals surface area contributed by atoms with Gasteiger partial charge < -0.3 is 15.6 Å². The van der Waals surface area contributed by atoms with E-state index < -0.39 is 6.23 Å². The number of aliphatic hydroxyl groups is 1. The van der Waals surface area contributed by atoms with Crippen LogP contribution in [-0.4, -0.2) is 24.0 Å². The van der Waals surface area contributed by atoms with Gasteiger partial charge in [-0.25, -0.2) is 0 Å². The van der Waals surface area contributed by atoms with Crippen LogP contribution in [0, 0.1) is 0 Å². The zero-order chi connectivity index (χ0) is 21.4. The average Bonchev–Trinajstić information content (AvgIpc) is 2.70. The highest BCUT2D eigenvalue weighted by atomic mass is 16.5. The number of ether oxygens (including phenoxy) is 1. The number of rotatable bonds is 24. The molecule has 0 aliphatic carbocycles. The number of nitrogens with two attached hydrogens (primary N) is 1. The molecule has 0 radical (unpaired) electrons. The maximum Gasteiger partial charge on any atom is 0.104 e. The highest BCUT2D eigenvalue weighted by Crippen LogP contribution is 2.16. The molecule has 3 heteroatoms. The van der Waals surface area contributed by atoms with Crippen molar-refractivity contribution in [3.8, 4) is 0 Å². The molecule has 3 nitrogen and oxygen atoms in total. The van der Waals surface area contributed by atoms with Crippen molar-refractivity contribution in [2.24, 2.45) is 5.73 Å². The van der Waals surface area contributed by atoms with Gasteiger partial charge in [0.2, 0.25) is 0 Å². The number of aliphatic hydroxyl groups excluding tert-OH is 1. The largest absolute Gasteiger partial charge is 0.379 e. The molecule has 2 unspecified atom stereocenters. The van der Waals surface area contributed by atoms with E-state index >= 15 is 0 Å². The summed E-state index contributed by atoms with van der Waals surface area (Å²) in [6, 6.07) is 0. The molecule has 0 saturated heterocycles. The summed E-state index contributed by atoms with van der Waals surface area (Å²) in [5.41, 5.74) is 5.61.